The number of nitrogens with zero attached hydrogens (tertiary/aromatic N) is 1. The molecular weight excluding hydrogens is 280 g/mol. The number of rotatable bonds is 4. The highest BCUT2D eigenvalue weighted by molar-refractivity contribution is 5.85. The average molecular weight is 302 g/mol. The van der Waals surface area contributed by atoms with E-state index in [1.165, 1.54) is 4.90 Å². The molecule has 2 amide bonds. The fourth-order valence-corrected chi connectivity index (χ4v) is 3.14. The van der Waals surface area contributed by atoms with Crippen molar-refractivity contribution >= 4 is 12.0 Å². The van der Waals surface area contributed by atoms with Crippen LogP contribution < -0.4 is 5.32 Å². The molecule has 1 aromatic carbocycles. The maximum atomic E-state index is 12.5. The third-order valence-corrected chi connectivity index (χ3v) is 4.57. The lowest BCUT2D eigenvalue weighted by Gasteiger charge is -2.27. The third-order valence-electron chi connectivity index (χ3n) is 4.57. The van der Waals surface area contributed by atoms with Gasteiger partial charge in [0.05, 0.1) is 6.04 Å². The second-order valence-corrected chi connectivity index (χ2v) is 6.30. The molecule has 1 heterocycles. The summed E-state index contributed by atoms with van der Waals surface area (Å²) >= 11 is 0. The Bertz CT molecular complexity index is 542. The zero-order valence-corrected chi connectivity index (χ0v) is 12.6. The molecule has 0 aromatic heterocycles. The van der Waals surface area contributed by atoms with E-state index in [1.807, 2.05) is 30.3 Å². The van der Waals surface area contributed by atoms with Crippen molar-refractivity contribution in [3.63, 3.8) is 0 Å². The summed E-state index contributed by atoms with van der Waals surface area (Å²) in [5, 5.41) is 12.5. The Labute approximate surface area is 130 Å². The number of benzene rings is 1. The second kappa shape index (κ2) is 6.38. The normalized spacial score (nSPS) is 25.2. The summed E-state index contributed by atoms with van der Waals surface area (Å²) in [6.07, 6.45) is 3.47. The molecule has 2 atom stereocenters. The maximum Gasteiger partial charge on any atom is 0.407 e. The van der Waals surface area contributed by atoms with Crippen molar-refractivity contribution in [2.24, 2.45) is 5.92 Å². The molecule has 5 heteroatoms. The zero-order chi connectivity index (χ0) is 15.5. The van der Waals surface area contributed by atoms with E-state index in [0.29, 0.717) is 18.9 Å². The van der Waals surface area contributed by atoms with Crippen molar-refractivity contribution in [1.82, 2.24) is 10.2 Å². The molecule has 1 saturated heterocycles. The molecule has 0 unspecified atom stereocenters. The first kappa shape index (κ1) is 14.9. The number of amides is 2. The van der Waals surface area contributed by atoms with Crippen molar-refractivity contribution in [3.8, 4) is 0 Å². The second-order valence-electron chi connectivity index (χ2n) is 6.30. The molecular formula is C17H22N2O3. The molecule has 1 saturated carbocycles. The summed E-state index contributed by atoms with van der Waals surface area (Å²) in [6.45, 7) is 0.490. The first-order chi connectivity index (χ1) is 10.6. The van der Waals surface area contributed by atoms with Gasteiger partial charge in [0, 0.05) is 6.54 Å². The average Bonchev–Trinajstić information content (AvgIpc) is 3.33. The van der Waals surface area contributed by atoms with E-state index in [1.54, 1.807) is 0 Å². The van der Waals surface area contributed by atoms with E-state index in [2.05, 4.69) is 5.32 Å². The number of carbonyl (C=O) groups excluding carboxylic acids is 1. The summed E-state index contributed by atoms with van der Waals surface area (Å²) in [5.41, 5.74) is 1.08. The Balaban J connectivity index is 1.71. The van der Waals surface area contributed by atoms with E-state index in [0.717, 1.165) is 31.2 Å². The third kappa shape index (κ3) is 3.40. The first-order valence-corrected chi connectivity index (χ1v) is 8.00. The van der Waals surface area contributed by atoms with Gasteiger partial charge in [0.1, 0.15) is 6.04 Å². The predicted molar refractivity (Wildman–Crippen MR) is 82.4 cm³/mol. The van der Waals surface area contributed by atoms with Crippen LogP contribution in [0.2, 0.25) is 0 Å². The number of carbonyl (C=O) groups is 2. The van der Waals surface area contributed by atoms with Crippen LogP contribution >= 0.6 is 0 Å². The Hall–Kier alpha value is -2.04. The lowest BCUT2D eigenvalue weighted by atomic mass is 10.0. The van der Waals surface area contributed by atoms with Crippen LogP contribution in [0.3, 0.4) is 0 Å². The van der Waals surface area contributed by atoms with Gasteiger partial charge in [-0.3, -0.25) is 9.69 Å². The van der Waals surface area contributed by atoms with Gasteiger partial charge < -0.3 is 10.4 Å². The van der Waals surface area contributed by atoms with Crippen LogP contribution in [0.4, 0.5) is 4.79 Å². The van der Waals surface area contributed by atoms with E-state index >= 15 is 0 Å². The monoisotopic (exact) mass is 302 g/mol. The molecule has 2 fully saturated rings. The maximum absolute atomic E-state index is 12.5. The first-order valence-electron chi connectivity index (χ1n) is 8.00. The molecule has 22 heavy (non-hydrogen) atoms. The molecule has 1 aliphatic heterocycles. The standard InChI is InChI=1S/C17H22N2O3/c20-16-15(19(17(21)22)11-12-9-10-12)8-4-7-14(18-16)13-5-2-1-3-6-13/h1-3,5-6,12,14-15H,4,7-11H2,(H,18,20)(H,21,22)/t14-,15-/m0/s1. The van der Waals surface area contributed by atoms with Gasteiger partial charge in [-0.2, -0.15) is 0 Å². The summed E-state index contributed by atoms with van der Waals surface area (Å²) in [7, 11) is 0. The molecule has 0 radical (unpaired) electrons. The highest BCUT2D eigenvalue weighted by Crippen LogP contribution is 2.32. The van der Waals surface area contributed by atoms with Gasteiger partial charge in [-0.05, 0) is 43.6 Å². The minimum absolute atomic E-state index is 0.0183. The molecule has 5 nitrogen and oxygen atoms in total. The smallest absolute Gasteiger partial charge is 0.407 e. The van der Waals surface area contributed by atoms with Crippen LogP contribution in [0.25, 0.3) is 0 Å². The van der Waals surface area contributed by atoms with Crippen LogP contribution in [0.15, 0.2) is 30.3 Å². The molecule has 1 aromatic rings. The molecule has 2 aliphatic rings. The van der Waals surface area contributed by atoms with Crippen LogP contribution in [0.5, 0.6) is 0 Å². The lowest BCUT2D eigenvalue weighted by Crippen LogP contribution is -2.49. The van der Waals surface area contributed by atoms with Gasteiger partial charge >= 0.3 is 6.09 Å². The zero-order valence-electron chi connectivity index (χ0n) is 12.6. The van der Waals surface area contributed by atoms with Crippen molar-refractivity contribution in [2.75, 3.05) is 6.54 Å². The van der Waals surface area contributed by atoms with Crippen LogP contribution in [0.1, 0.15) is 43.7 Å². The van der Waals surface area contributed by atoms with Crippen molar-refractivity contribution in [3.05, 3.63) is 35.9 Å². The summed E-state index contributed by atoms with van der Waals surface area (Å²) < 4.78 is 0. The SMILES string of the molecule is O=C1N[C@H](c2ccccc2)CCC[C@@H]1N(CC1CC1)C(=O)O. The number of nitrogens with one attached hydrogen (secondary N) is 1. The van der Waals surface area contributed by atoms with Crippen LogP contribution in [-0.4, -0.2) is 34.6 Å². The van der Waals surface area contributed by atoms with Crippen LogP contribution in [0, 0.1) is 5.92 Å². The van der Waals surface area contributed by atoms with Crippen molar-refractivity contribution in [1.29, 1.82) is 0 Å². The number of hydrogen-bond donors (Lipinski definition) is 2. The predicted octanol–water partition coefficient (Wildman–Crippen LogP) is 2.79. The molecule has 3 rings (SSSR count). The minimum Gasteiger partial charge on any atom is -0.465 e. The fourth-order valence-electron chi connectivity index (χ4n) is 3.14. The Morgan fingerprint density at radius 2 is 1.91 bits per heavy atom. The highest BCUT2D eigenvalue weighted by atomic mass is 16.4. The lowest BCUT2D eigenvalue weighted by molar-refractivity contribution is -0.126. The van der Waals surface area contributed by atoms with Gasteiger partial charge in [0.15, 0.2) is 0 Å². The molecule has 0 spiro atoms. The van der Waals surface area contributed by atoms with Gasteiger partial charge in [-0.1, -0.05) is 30.3 Å². The van der Waals surface area contributed by atoms with Crippen molar-refractivity contribution in [2.45, 2.75) is 44.2 Å². The summed E-state index contributed by atoms with van der Waals surface area (Å²) in [5.74, 6) is 0.284. The van der Waals surface area contributed by atoms with Gasteiger partial charge in [0.2, 0.25) is 5.91 Å². The number of carboxylic acid groups (broad SMARTS) is 1. The Kier molecular flexibility index (Phi) is 4.32. The van der Waals surface area contributed by atoms with E-state index in [9.17, 15) is 14.7 Å². The quantitative estimate of drug-likeness (QED) is 0.898. The van der Waals surface area contributed by atoms with Crippen LogP contribution in [-0.2, 0) is 4.79 Å². The molecule has 1 aliphatic carbocycles. The van der Waals surface area contributed by atoms with Gasteiger partial charge in [-0.15, -0.1) is 0 Å². The molecule has 118 valence electrons. The van der Waals surface area contributed by atoms with E-state index in [4.69, 9.17) is 0 Å². The van der Waals surface area contributed by atoms with Gasteiger partial charge in [0.25, 0.3) is 0 Å². The molecule has 2 N–H and O–H groups in total. The number of hydrogen-bond acceptors (Lipinski definition) is 2. The van der Waals surface area contributed by atoms with Gasteiger partial charge in [-0.25, -0.2) is 4.79 Å². The fraction of sp³-hybridized carbons (Fsp3) is 0.529. The topological polar surface area (TPSA) is 69.6 Å². The highest BCUT2D eigenvalue weighted by Gasteiger charge is 2.36. The molecule has 0 bridgehead atoms. The Morgan fingerprint density at radius 1 is 1.18 bits per heavy atom. The summed E-state index contributed by atoms with van der Waals surface area (Å²) in [6, 6.07) is 9.31. The minimum atomic E-state index is -0.981. The van der Waals surface area contributed by atoms with E-state index < -0.39 is 12.1 Å². The Morgan fingerprint density at radius 3 is 2.55 bits per heavy atom. The van der Waals surface area contributed by atoms with E-state index in [-0.39, 0.29) is 11.9 Å². The summed E-state index contributed by atoms with van der Waals surface area (Å²) in [4.78, 5) is 25.4. The largest absolute Gasteiger partial charge is 0.465 e. The van der Waals surface area contributed by atoms with Crippen molar-refractivity contribution < 1.29 is 14.7 Å².